The molecule has 4 heteroatoms. The number of aliphatic carboxylic acids is 1. The number of hydrogen-bond acceptors (Lipinski definition) is 2. The lowest BCUT2D eigenvalue weighted by atomic mass is 9.82. The maximum atomic E-state index is 11.1. The lowest BCUT2D eigenvalue weighted by molar-refractivity contribution is -0.143. The number of hydrogen-bond donors (Lipinski definition) is 2. The van der Waals surface area contributed by atoms with Gasteiger partial charge in [0.1, 0.15) is 0 Å². The molecule has 0 unspecified atom stereocenters. The molecule has 4 nitrogen and oxygen atoms in total. The predicted octanol–water partition coefficient (Wildman–Crippen LogP) is -0.0143. The first-order valence-electron chi connectivity index (χ1n) is 4.20. The lowest BCUT2D eigenvalue weighted by Gasteiger charge is -2.21. The van der Waals surface area contributed by atoms with E-state index in [4.69, 9.17) is 5.11 Å². The molecule has 0 aromatic heterocycles. The van der Waals surface area contributed by atoms with Crippen molar-refractivity contribution in [2.75, 3.05) is 0 Å². The van der Waals surface area contributed by atoms with Crippen molar-refractivity contribution in [3.63, 3.8) is 0 Å². The molecule has 2 rings (SSSR count). The van der Waals surface area contributed by atoms with Crippen molar-refractivity contribution in [2.45, 2.75) is 25.3 Å². The van der Waals surface area contributed by atoms with Crippen LogP contribution in [0.3, 0.4) is 0 Å². The summed E-state index contributed by atoms with van der Waals surface area (Å²) in [4.78, 5) is 21.8. The summed E-state index contributed by atoms with van der Waals surface area (Å²) in [6.07, 6.45) is 1.97. The van der Waals surface area contributed by atoms with Crippen molar-refractivity contribution in [1.29, 1.82) is 0 Å². The van der Waals surface area contributed by atoms with E-state index in [1.54, 1.807) is 0 Å². The molecular formula is C8H11NO3. The minimum absolute atomic E-state index is 0.0372. The SMILES string of the molecule is O=C(O)[C@@H]1C[C@@H]2C[C@H](C1)C(=O)N2. The van der Waals surface area contributed by atoms with E-state index >= 15 is 0 Å². The van der Waals surface area contributed by atoms with E-state index in [-0.39, 0.29) is 23.8 Å². The second-order valence-electron chi connectivity index (χ2n) is 3.64. The average Bonchev–Trinajstić information content (AvgIpc) is 2.26. The minimum Gasteiger partial charge on any atom is -0.481 e. The Morgan fingerprint density at radius 2 is 2.17 bits per heavy atom. The molecule has 1 saturated heterocycles. The lowest BCUT2D eigenvalue weighted by Crippen LogP contribution is -2.29. The fraction of sp³-hybridized carbons (Fsp3) is 0.750. The van der Waals surface area contributed by atoms with E-state index in [0.717, 1.165) is 6.42 Å². The molecule has 12 heavy (non-hydrogen) atoms. The van der Waals surface area contributed by atoms with Gasteiger partial charge in [-0.15, -0.1) is 0 Å². The van der Waals surface area contributed by atoms with Crippen LogP contribution in [0.25, 0.3) is 0 Å². The summed E-state index contributed by atoms with van der Waals surface area (Å²) >= 11 is 0. The zero-order valence-electron chi connectivity index (χ0n) is 6.62. The number of amides is 1. The van der Waals surface area contributed by atoms with Crippen molar-refractivity contribution in [2.24, 2.45) is 11.8 Å². The molecule has 66 valence electrons. The molecule has 3 atom stereocenters. The van der Waals surface area contributed by atoms with E-state index in [9.17, 15) is 9.59 Å². The molecule has 2 aliphatic rings. The van der Waals surface area contributed by atoms with Gasteiger partial charge in [0.25, 0.3) is 0 Å². The van der Waals surface area contributed by atoms with E-state index in [1.807, 2.05) is 0 Å². The van der Waals surface area contributed by atoms with Crippen molar-refractivity contribution >= 4 is 11.9 Å². The molecule has 2 bridgehead atoms. The second-order valence-corrected chi connectivity index (χ2v) is 3.64. The largest absolute Gasteiger partial charge is 0.481 e. The van der Waals surface area contributed by atoms with Gasteiger partial charge >= 0.3 is 5.97 Å². The summed E-state index contributed by atoms with van der Waals surface area (Å²) in [5.41, 5.74) is 0. The normalized spacial score (nSPS) is 39.3. The Morgan fingerprint density at radius 3 is 2.75 bits per heavy atom. The molecule has 0 aromatic carbocycles. The van der Waals surface area contributed by atoms with Gasteiger partial charge in [-0.3, -0.25) is 9.59 Å². The summed E-state index contributed by atoms with van der Waals surface area (Å²) in [6, 6.07) is 0.123. The van der Waals surface area contributed by atoms with Gasteiger partial charge in [-0.1, -0.05) is 0 Å². The Kier molecular flexibility index (Phi) is 1.56. The van der Waals surface area contributed by atoms with Gasteiger partial charge in [-0.25, -0.2) is 0 Å². The molecule has 1 aliphatic carbocycles. The summed E-state index contributed by atoms with van der Waals surface area (Å²) in [5, 5.41) is 11.5. The first-order valence-corrected chi connectivity index (χ1v) is 4.20. The van der Waals surface area contributed by atoms with E-state index in [0.29, 0.717) is 12.8 Å². The fourth-order valence-corrected chi connectivity index (χ4v) is 2.17. The number of nitrogens with one attached hydrogen (secondary N) is 1. The van der Waals surface area contributed by atoms with Crippen LogP contribution < -0.4 is 5.32 Å². The van der Waals surface area contributed by atoms with Crippen LogP contribution in [0.1, 0.15) is 19.3 Å². The maximum absolute atomic E-state index is 11.1. The number of fused-ring (bicyclic) bond motifs is 2. The highest BCUT2D eigenvalue weighted by atomic mass is 16.4. The van der Waals surface area contributed by atoms with Gasteiger partial charge in [0.05, 0.1) is 5.92 Å². The van der Waals surface area contributed by atoms with Crippen LogP contribution in [0, 0.1) is 11.8 Å². The third kappa shape index (κ3) is 1.07. The summed E-state index contributed by atoms with van der Waals surface area (Å²) in [7, 11) is 0. The van der Waals surface area contributed by atoms with Crippen LogP contribution in [-0.2, 0) is 9.59 Å². The maximum Gasteiger partial charge on any atom is 0.306 e. The predicted molar refractivity (Wildman–Crippen MR) is 40.4 cm³/mol. The van der Waals surface area contributed by atoms with Gasteiger partial charge in [-0.05, 0) is 19.3 Å². The van der Waals surface area contributed by atoms with Crippen LogP contribution in [0.4, 0.5) is 0 Å². The molecule has 1 saturated carbocycles. The third-order valence-electron chi connectivity index (χ3n) is 2.77. The van der Waals surface area contributed by atoms with Crippen LogP contribution in [0.5, 0.6) is 0 Å². The molecule has 0 radical (unpaired) electrons. The molecule has 2 N–H and O–H groups in total. The monoisotopic (exact) mass is 169 g/mol. The number of rotatable bonds is 1. The van der Waals surface area contributed by atoms with Gasteiger partial charge < -0.3 is 10.4 Å². The topological polar surface area (TPSA) is 66.4 Å². The van der Waals surface area contributed by atoms with Gasteiger partial charge in [0.2, 0.25) is 5.91 Å². The Bertz CT molecular complexity index is 238. The number of carboxylic acid groups (broad SMARTS) is 1. The van der Waals surface area contributed by atoms with E-state index in [1.165, 1.54) is 0 Å². The minimum atomic E-state index is -0.763. The zero-order valence-corrected chi connectivity index (χ0v) is 6.62. The Balaban J connectivity index is 2.10. The highest BCUT2D eigenvalue weighted by Gasteiger charge is 2.41. The second kappa shape index (κ2) is 2.47. The third-order valence-corrected chi connectivity index (χ3v) is 2.77. The Hall–Kier alpha value is -1.06. The first-order chi connectivity index (χ1) is 5.66. The zero-order chi connectivity index (χ0) is 8.72. The standard InChI is InChI=1S/C8H11NO3/c10-7-4-1-5(8(11)12)3-6(2-4)9-7/h4-6H,1-3H2,(H,9,10)(H,11,12)/t4-,5-,6-/m0/s1. The van der Waals surface area contributed by atoms with Crippen LogP contribution in [-0.4, -0.2) is 23.0 Å². The molecule has 2 fully saturated rings. The van der Waals surface area contributed by atoms with Crippen molar-refractivity contribution in [3.8, 4) is 0 Å². The molecule has 0 spiro atoms. The molecule has 1 aliphatic heterocycles. The van der Waals surface area contributed by atoms with E-state index in [2.05, 4.69) is 5.32 Å². The highest BCUT2D eigenvalue weighted by Crippen LogP contribution is 2.34. The van der Waals surface area contributed by atoms with Crippen LogP contribution in [0.2, 0.25) is 0 Å². The first kappa shape index (κ1) is 7.58. The van der Waals surface area contributed by atoms with Gasteiger partial charge in [-0.2, -0.15) is 0 Å². The smallest absolute Gasteiger partial charge is 0.306 e. The molecular weight excluding hydrogens is 158 g/mol. The quantitative estimate of drug-likeness (QED) is 0.580. The molecule has 1 heterocycles. The Labute approximate surface area is 69.9 Å². The fourth-order valence-electron chi connectivity index (χ4n) is 2.17. The summed E-state index contributed by atoms with van der Waals surface area (Å²) < 4.78 is 0. The average molecular weight is 169 g/mol. The van der Waals surface area contributed by atoms with E-state index < -0.39 is 5.97 Å². The highest BCUT2D eigenvalue weighted by molar-refractivity contribution is 5.83. The van der Waals surface area contributed by atoms with Gasteiger partial charge in [0.15, 0.2) is 0 Å². The number of carbonyl (C=O) groups is 2. The van der Waals surface area contributed by atoms with Crippen LogP contribution in [0.15, 0.2) is 0 Å². The molecule has 1 amide bonds. The van der Waals surface area contributed by atoms with Crippen molar-refractivity contribution in [1.82, 2.24) is 5.32 Å². The van der Waals surface area contributed by atoms with Crippen molar-refractivity contribution in [3.05, 3.63) is 0 Å². The van der Waals surface area contributed by atoms with Crippen molar-refractivity contribution < 1.29 is 14.7 Å². The Morgan fingerprint density at radius 1 is 1.42 bits per heavy atom. The summed E-state index contributed by atoms with van der Waals surface area (Å²) in [5.74, 6) is -1.07. The van der Waals surface area contributed by atoms with Gasteiger partial charge in [0, 0.05) is 12.0 Å². The summed E-state index contributed by atoms with van der Waals surface area (Å²) in [6.45, 7) is 0. The number of carbonyl (C=O) groups excluding carboxylic acids is 1. The number of carboxylic acids is 1. The molecule has 0 aromatic rings. The van der Waals surface area contributed by atoms with Crippen LogP contribution >= 0.6 is 0 Å².